The lowest BCUT2D eigenvalue weighted by atomic mass is 10.1. The van der Waals surface area contributed by atoms with Gasteiger partial charge in [-0.05, 0) is 25.0 Å². The SMILES string of the molecule is COc1ccc(CC(Cl)C(C)=O)c(OC)c1. The normalized spacial score (nSPS) is 12.0. The molecule has 0 aromatic heterocycles. The first-order valence-corrected chi connectivity index (χ1v) is 5.37. The third-order valence-corrected chi connectivity index (χ3v) is 2.80. The van der Waals surface area contributed by atoms with Crippen molar-refractivity contribution < 1.29 is 14.3 Å². The number of carbonyl (C=O) groups excluding carboxylic acids is 1. The summed E-state index contributed by atoms with van der Waals surface area (Å²) in [6, 6.07) is 5.46. The van der Waals surface area contributed by atoms with Crippen molar-refractivity contribution in [3.63, 3.8) is 0 Å². The lowest BCUT2D eigenvalue weighted by Gasteiger charge is -2.11. The number of rotatable bonds is 5. The molecule has 88 valence electrons. The van der Waals surface area contributed by atoms with Gasteiger partial charge in [0.1, 0.15) is 17.3 Å². The maximum absolute atomic E-state index is 11.1. The van der Waals surface area contributed by atoms with Crippen LogP contribution < -0.4 is 9.47 Å². The van der Waals surface area contributed by atoms with Gasteiger partial charge in [0.2, 0.25) is 0 Å². The van der Waals surface area contributed by atoms with Crippen molar-refractivity contribution in [2.24, 2.45) is 0 Å². The van der Waals surface area contributed by atoms with E-state index < -0.39 is 5.38 Å². The molecule has 0 radical (unpaired) electrons. The van der Waals surface area contributed by atoms with Crippen LogP contribution in [0.1, 0.15) is 12.5 Å². The molecule has 4 heteroatoms. The Morgan fingerprint density at radius 3 is 2.56 bits per heavy atom. The van der Waals surface area contributed by atoms with Gasteiger partial charge in [-0.1, -0.05) is 6.07 Å². The second-order valence-electron chi connectivity index (χ2n) is 3.46. The monoisotopic (exact) mass is 242 g/mol. The fourth-order valence-electron chi connectivity index (χ4n) is 1.36. The second-order valence-corrected chi connectivity index (χ2v) is 3.99. The molecule has 0 aliphatic rings. The molecule has 1 atom stereocenters. The van der Waals surface area contributed by atoms with Gasteiger partial charge in [-0.25, -0.2) is 0 Å². The van der Waals surface area contributed by atoms with Gasteiger partial charge in [0.15, 0.2) is 0 Å². The summed E-state index contributed by atoms with van der Waals surface area (Å²) in [5, 5.41) is -0.512. The van der Waals surface area contributed by atoms with E-state index in [1.807, 2.05) is 12.1 Å². The van der Waals surface area contributed by atoms with Gasteiger partial charge in [-0.15, -0.1) is 11.6 Å². The average molecular weight is 243 g/mol. The Morgan fingerprint density at radius 1 is 1.38 bits per heavy atom. The molecular formula is C12H15ClO3. The molecule has 0 aliphatic carbocycles. The number of hydrogen-bond donors (Lipinski definition) is 0. The highest BCUT2D eigenvalue weighted by atomic mass is 35.5. The van der Waals surface area contributed by atoms with Gasteiger partial charge in [0.25, 0.3) is 0 Å². The van der Waals surface area contributed by atoms with E-state index in [1.54, 1.807) is 20.3 Å². The molecule has 0 bridgehead atoms. The number of Topliss-reactive ketones (excluding diaryl/α,β-unsaturated/α-hetero) is 1. The number of ether oxygens (including phenoxy) is 2. The summed E-state index contributed by atoms with van der Waals surface area (Å²) in [6.45, 7) is 1.48. The first-order chi connectivity index (χ1) is 7.58. The van der Waals surface area contributed by atoms with Crippen LogP contribution in [0.15, 0.2) is 18.2 Å². The molecule has 1 rings (SSSR count). The van der Waals surface area contributed by atoms with E-state index in [1.165, 1.54) is 6.92 Å². The molecule has 0 heterocycles. The number of ketones is 1. The molecule has 0 aliphatic heterocycles. The molecule has 16 heavy (non-hydrogen) atoms. The predicted molar refractivity (Wildman–Crippen MR) is 63.6 cm³/mol. The predicted octanol–water partition coefficient (Wildman–Crippen LogP) is 2.44. The number of methoxy groups -OCH3 is 2. The Kier molecular flexibility index (Phi) is 4.62. The number of halogens is 1. The van der Waals surface area contributed by atoms with E-state index in [0.29, 0.717) is 12.2 Å². The Morgan fingerprint density at radius 2 is 2.06 bits per heavy atom. The molecule has 0 saturated heterocycles. The van der Waals surface area contributed by atoms with E-state index in [4.69, 9.17) is 21.1 Å². The van der Waals surface area contributed by atoms with Crippen LogP contribution in [0.4, 0.5) is 0 Å². The summed E-state index contributed by atoms with van der Waals surface area (Å²) in [7, 11) is 3.17. The van der Waals surface area contributed by atoms with Gasteiger partial charge in [-0.3, -0.25) is 4.79 Å². The van der Waals surface area contributed by atoms with E-state index in [9.17, 15) is 4.79 Å². The zero-order valence-corrected chi connectivity index (χ0v) is 10.4. The summed E-state index contributed by atoms with van der Waals surface area (Å²) >= 11 is 5.92. The van der Waals surface area contributed by atoms with Crippen molar-refractivity contribution in [2.45, 2.75) is 18.7 Å². The zero-order chi connectivity index (χ0) is 12.1. The minimum atomic E-state index is -0.512. The van der Waals surface area contributed by atoms with Crippen LogP contribution in [0.3, 0.4) is 0 Å². The lowest BCUT2D eigenvalue weighted by molar-refractivity contribution is -0.116. The number of hydrogen-bond acceptors (Lipinski definition) is 3. The van der Waals surface area contributed by atoms with Crippen molar-refractivity contribution in [1.82, 2.24) is 0 Å². The molecular weight excluding hydrogens is 228 g/mol. The van der Waals surface area contributed by atoms with Crippen LogP contribution in [-0.2, 0) is 11.2 Å². The van der Waals surface area contributed by atoms with Crippen molar-refractivity contribution in [3.05, 3.63) is 23.8 Å². The highest BCUT2D eigenvalue weighted by molar-refractivity contribution is 6.30. The Balaban J connectivity index is 2.91. The smallest absolute Gasteiger partial charge is 0.147 e. The van der Waals surface area contributed by atoms with Crippen molar-refractivity contribution in [3.8, 4) is 11.5 Å². The van der Waals surface area contributed by atoms with Crippen LogP contribution in [0, 0.1) is 0 Å². The highest BCUT2D eigenvalue weighted by Gasteiger charge is 2.14. The quantitative estimate of drug-likeness (QED) is 0.744. The maximum Gasteiger partial charge on any atom is 0.147 e. The van der Waals surface area contributed by atoms with E-state index in [0.717, 1.165) is 11.3 Å². The van der Waals surface area contributed by atoms with Gasteiger partial charge in [-0.2, -0.15) is 0 Å². The Labute approximate surface area is 100 Å². The van der Waals surface area contributed by atoms with E-state index in [-0.39, 0.29) is 5.78 Å². The third-order valence-electron chi connectivity index (χ3n) is 2.33. The van der Waals surface area contributed by atoms with Gasteiger partial charge < -0.3 is 9.47 Å². The lowest BCUT2D eigenvalue weighted by Crippen LogP contribution is -2.13. The van der Waals surface area contributed by atoms with Gasteiger partial charge in [0.05, 0.1) is 19.6 Å². The van der Waals surface area contributed by atoms with Crippen LogP contribution in [0.5, 0.6) is 11.5 Å². The molecule has 0 spiro atoms. The van der Waals surface area contributed by atoms with Crippen molar-refractivity contribution in [1.29, 1.82) is 0 Å². The molecule has 1 unspecified atom stereocenters. The molecule has 0 amide bonds. The molecule has 1 aromatic rings. The maximum atomic E-state index is 11.1. The summed E-state index contributed by atoms with van der Waals surface area (Å²) in [4.78, 5) is 11.1. The van der Waals surface area contributed by atoms with Gasteiger partial charge in [0, 0.05) is 6.07 Å². The van der Waals surface area contributed by atoms with Crippen molar-refractivity contribution in [2.75, 3.05) is 14.2 Å². The Bertz CT molecular complexity index is 377. The largest absolute Gasteiger partial charge is 0.497 e. The van der Waals surface area contributed by atoms with Crippen molar-refractivity contribution >= 4 is 17.4 Å². The van der Waals surface area contributed by atoms with E-state index in [2.05, 4.69) is 0 Å². The molecule has 0 fully saturated rings. The molecule has 0 N–H and O–H groups in total. The van der Waals surface area contributed by atoms with Gasteiger partial charge >= 0.3 is 0 Å². The first kappa shape index (κ1) is 12.8. The molecule has 3 nitrogen and oxygen atoms in total. The summed E-state index contributed by atoms with van der Waals surface area (Å²) in [5.74, 6) is 1.36. The van der Waals surface area contributed by atoms with E-state index >= 15 is 0 Å². The van der Waals surface area contributed by atoms with Crippen LogP contribution >= 0.6 is 11.6 Å². The molecule has 1 aromatic carbocycles. The number of carbonyl (C=O) groups is 1. The molecule has 0 saturated carbocycles. The Hall–Kier alpha value is -1.22. The van der Waals surface area contributed by atoms with Crippen LogP contribution in [-0.4, -0.2) is 25.4 Å². The average Bonchev–Trinajstić information content (AvgIpc) is 2.29. The minimum Gasteiger partial charge on any atom is -0.497 e. The highest BCUT2D eigenvalue weighted by Crippen LogP contribution is 2.26. The topological polar surface area (TPSA) is 35.5 Å². The summed E-state index contributed by atoms with van der Waals surface area (Å²) < 4.78 is 10.3. The van der Waals surface area contributed by atoms with Crippen LogP contribution in [0.2, 0.25) is 0 Å². The van der Waals surface area contributed by atoms with Crippen LogP contribution in [0.25, 0.3) is 0 Å². The summed E-state index contributed by atoms with van der Waals surface area (Å²) in [6.07, 6.45) is 0.462. The number of alkyl halides is 1. The standard InChI is InChI=1S/C12H15ClO3/c1-8(14)11(13)6-9-4-5-10(15-2)7-12(9)16-3/h4-5,7,11H,6H2,1-3H3. The summed E-state index contributed by atoms with van der Waals surface area (Å²) in [5.41, 5.74) is 0.901. The minimum absolute atomic E-state index is 0.0421. The number of benzene rings is 1. The first-order valence-electron chi connectivity index (χ1n) is 4.94. The zero-order valence-electron chi connectivity index (χ0n) is 9.62. The second kappa shape index (κ2) is 5.75. The fourth-order valence-corrected chi connectivity index (χ4v) is 1.52. The third kappa shape index (κ3) is 3.14. The fraction of sp³-hybridized carbons (Fsp3) is 0.417.